The Morgan fingerprint density at radius 1 is 1.10 bits per heavy atom. The van der Waals surface area contributed by atoms with Gasteiger partial charge in [-0.25, -0.2) is 4.99 Å². The molecular formula is C24H21ClN2O2S. The molecule has 1 aliphatic carbocycles. The second-order valence-corrected chi connectivity index (χ2v) is 9.14. The van der Waals surface area contributed by atoms with Crippen LogP contribution in [0, 0.1) is 0 Å². The SMILES string of the molecule is O=C(NC1CCCCC1)c1ccc2c(c1)N=C(c1cccc(Cl)c1)c1ccoc1S2. The standard InChI is InChI=1S/C24H21ClN2O2S/c25-17-6-4-5-15(13-17)22-19-11-12-29-24(19)30-21-10-9-16(14-20(21)27-22)23(28)26-18-7-2-1-3-8-18/h4-6,9-14,18H,1-3,7-8H2,(H,26,28). The van der Waals surface area contributed by atoms with Crippen LogP contribution in [0.2, 0.25) is 5.02 Å². The number of fused-ring (bicyclic) bond motifs is 2. The van der Waals surface area contributed by atoms with Gasteiger partial charge in [0.15, 0.2) is 5.09 Å². The summed E-state index contributed by atoms with van der Waals surface area (Å²) in [5.41, 5.74) is 4.02. The normalized spacial score (nSPS) is 16.2. The van der Waals surface area contributed by atoms with Gasteiger partial charge in [-0.05, 0) is 61.0 Å². The van der Waals surface area contributed by atoms with Crippen molar-refractivity contribution in [1.82, 2.24) is 5.32 Å². The van der Waals surface area contributed by atoms with Crippen molar-refractivity contribution in [3.63, 3.8) is 0 Å². The summed E-state index contributed by atoms with van der Waals surface area (Å²) in [5, 5.41) is 4.62. The molecule has 1 aromatic heterocycles. The van der Waals surface area contributed by atoms with Gasteiger partial charge in [-0.2, -0.15) is 0 Å². The average molecular weight is 437 g/mol. The van der Waals surface area contributed by atoms with E-state index in [-0.39, 0.29) is 11.9 Å². The molecule has 152 valence electrons. The van der Waals surface area contributed by atoms with E-state index in [2.05, 4.69) is 5.32 Å². The lowest BCUT2D eigenvalue weighted by Gasteiger charge is -2.22. The van der Waals surface area contributed by atoms with E-state index in [0.717, 1.165) is 45.4 Å². The predicted molar refractivity (Wildman–Crippen MR) is 120 cm³/mol. The van der Waals surface area contributed by atoms with Crippen molar-refractivity contribution >= 4 is 40.7 Å². The number of carbonyl (C=O) groups is 1. The fraction of sp³-hybridized carbons (Fsp3) is 0.250. The lowest BCUT2D eigenvalue weighted by Crippen LogP contribution is -2.36. The van der Waals surface area contributed by atoms with Gasteiger partial charge in [0.1, 0.15) is 0 Å². The highest BCUT2D eigenvalue weighted by Gasteiger charge is 2.23. The van der Waals surface area contributed by atoms with E-state index in [9.17, 15) is 4.79 Å². The largest absolute Gasteiger partial charge is 0.457 e. The molecule has 2 aliphatic rings. The van der Waals surface area contributed by atoms with E-state index in [1.807, 2.05) is 48.5 Å². The van der Waals surface area contributed by atoms with Crippen LogP contribution < -0.4 is 5.32 Å². The van der Waals surface area contributed by atoms with Crippen LogP contribution in [-0.2, 0) is 0 Å². The Morgan fingerprint density at radius 3 is 2.80 bits per heavy atom. The molecular weight excluding hydrogens is 416 g/mol. The zero-order valence-corrected chi connectivity index (χ0v) is 17.9. The van der Waals surface area contributed by atoms with E-state index in [0.29, 0.717) is 10.6 Å². The maximum absolute atomic E-state index is 12.8. The number of rotatable bonds is 3. The van der Waals surface area contributed by atoms with Crippen LogP contribution in [0.1, 0.15) is 53.6 Å². The number of hydrogen-bond acceptors (Lipinski definition) is 4. The van der Waals surface area contributed by atoms with Crippen molar-refractivity contribution in [3.8, 4) is 0 Å². The van der Waals surface area contributed by atoms with Gasteiger partial charge >= 0.3 is 0 Å². The minimum atomic E-state index is -0.0323. The van der Waals surface area contributed by atoms with Gasteiger partial charge in [0.25, 0.3) is 5.91 Å². The summed E-state index contributed by atoms with van der Waals surface area (Å²) in [6.45, 7) is 0. The molecule has 0 unspecified atom stereocenters. The van der Waals surface area contributed by atoms with E-state index in [1.54, 1.807) is 6.26 Å². The van der Waals surface area contributed by atoms with Crippen LogP contribution in [-0.4, -0.2) is 17.7 Å². The summed E-state index contributed by atoms with van der Waals surface area (Å²) >= 11 is 7.75. The number of halogens is 1. The quantitative estimate of drug-likeness (QED) is 0.392. The number of aliphatic imine (C=N–C) groups is 1. The Bertz CT molecular complexity index is 1130. The highest BCUT2D eigenvalue weighted by molar-refractivity contribution is 7.99. The maximum Gasteiger partial charge on any atom is 0.251 e. The predicted octanol–water partition coefficient (Wildman–Crippen LogP) is 6.63. The smallest absolute Gasteiger partial charge is 0.251 e. The lowest BCUT2D eigenvalue weighted by atomic mass is 9.95. The minimum absolute atomic E-state index is 0.0323. The molecule has 6 heteroatoms. The molecule has 0 atom stereocenters. The monoisotopic (exact) mass is 436 g/mol. The van der Waals surface area contributed by atoms with Crippen molar-refractivity contribution in [3.05, 3.63) is 76.5 Å². The molecule has 0 saturated heterocycles. The van der Waals surface area contributed by atoms with Crippen molar-refractivity contribution in [1.29, 1.82) is 0 Å². The van der Waals surface area contributed by atoms with E-state index in [1.165, 1.54) is 31.0 Å². The van der Waals surface area contributed by atoms with Crippen LogP contribution >= 0.6 is 23.4 Å². The molecule has 0 radical (unpaired) electrons. The summed E-state index contributed by atoms with van der Waals surface area (Å²) < 4.78 is 5.72. The summed E-state index contributed by atoms with van der Waals surface area (Å²) in [5.74, 6) is -0.0323. The lowest BCUT2D eigenvalue weighted by molar-refractivity contribution is 0.0927. The zero-order valence-electron chi connectivity index (χ0n) is 16.4. The Hall–Kier alpha value is -2.50. The summed E-state index contributed by atoms with van der Waals surface area (Å²) in [7, 11) is 0. The molecule has 0 spiro atoms. The zero-order chi connectivity index (χ0) is 20.5. The van der Waals surface area contributed by atoms with Crippen LogP contribution in [0.4, 0.5) is 5.69 Å². The van der Waals surface area contributed by atoms with Crippen molar-refractivity contribution in [2.75, 3.05) is 0 Å². The third-order valence-electron chi connectivity index (χ3n) is 5.58. The van der Waals surface area contributed by atoms with Gasteiger partial charge in [-0.1, -0.05) is 43.0 Å². The Labute approximate surface area is 184 Å². The van der Waals surface area contributed by atoms with Gasteiger partial charge < -0.3 is 9.73 Å². The number of nitrogens with zero attached hydrogens (tertiary/aromatic N) is 1. The summed E-state index contributed by atoms with van der Waals surface area (Å²) in [6, 6.07) is 15.5. The number of hydrogen-bond donors (Lipinski definition) is 1. The van der Waals surface area contributed by atoms with Gasteiger partial charge in [0, 0.05) is 27.1 Å². The third-order valence-corrected chi connectivity index (χ3v) is 6.88. The minimum Gasteiger partial charge on any atom is -0.457 e. The number of furan rings is 1. The van der Waals surface area contributed by atoms with E-state index in [4.69, 9.17) is 21.0 Å². The fourth-order valence-corrected chi connectivity index (χ4v) is 5.15. The molecule has 3 aromatic rings. The summed E-state index contributed by atoms with van der Waals surface area (Å²) in [6.07, 6.45) is 7.42. The average Bonchev–Trinajstić information content (AvgIpc) is 3.15. The fourth-order valence-electron chi connectivity index (χ4n) is 4.03. The van der Waals surface area contributed by atoms with E-state index < -0.39 is 0 Å². The van der Waals surface area contributed by atoms with Crippen molar-refractivity contribution in [2.24, 2.45) is 4.99 Å². The van der Waals surface area contributed by atoms with Crippen molar-refractivity contribution < 1.29 is 9.21 Å². The first-order valence-electron chi connectivity index (χ1n) is 10.2. The number of benzene rings is 2. The molecule has 1 N–H and O–H groups in total. The van der Waals surface area contributed by atoms with Gasteiger partial charge in [0.05, 0.1) is 23.2 Å². The molecule has 30 heavy (non-hydrogen) atoms. The Morgan fingerprint density at radius 2 is 1.97 bits per heavy atom. The molecule has 1 aliphatic heterocycles. The maximum atomic E-state index is 12.8. The first-order valence-corrected chi connectivity index (χ1v) is 11.4. The second-order valence-electron chi connectivity index (χ2n) is 7.69. The van der Waals surface area contributed by atoms with E-state index >= 15 is 0 Å². The molecule has 4 nitrogen and oxygen atoms in total. The Balaban J connectivity index is 1.52. The van der Waals surface area contributed by atoms with Crippen LogP contribution in [0.5, 0.6) is 0 Å². The first kappa shape index (κ1) is 19.5. The molecule has 5 rings (SSSR count). The van der Waals surface area contributed by atoms with Crippen LogP contribution in [0.15, 0.2) is 74.2 Å². The van der Waals surface area contributed by atoms with Crippen molar-refractivity contribution in [2.45, 2.75) is 48.1 Å². The molecule has 2 heterocycles. The molecule has 0 bridgehead atoms. The van der Waals surface area contributed by atoms with Crippen LogP contribution in [0.25, 0.3) is 0 Å². The topological polar surface area (TPSA) is 54.6 Å². The first-order chi connectivity index (χ1) is 14.7. The highest BCUT2D eigenvalue weighted by Crippen LogP contribution is 2.42. The van der Waals surface area contributed by atoms with Gasteiger partial charge in [-0.3, -0.25) is 4.79 Å². The van der Waals surface area contributed by atoms with Crippen LogP contribution in [0.3, 0.4) is 0 Å². The van der Waals surface area contributed by atoms with Gasteiger partial charge in [0.2, 0.25) is 0 Å². The number of nitrogens with one attached hydrogen (secondary N) is 1. The third kappa shape index (κ3) is 3.92. The molecule has 1 saturated carbocycles. The van der Waals surface area contributed by atoms with Gasteiger partial charge in [-0.15, -0.1) is 0 Å². The molecule has 1 fully saturated rings. The second kappa shape index (κ2) is 8.32. The number of carbonyl (C=O) groups excluding carboxylic acids is 1. The summed E-state index contributed by atoms with van der Waals surface area (Å²) in [4.78, 5) is 18.8. The number of amides is 1. The Kier molecular flexibility index (Phi) is 5.40. The molecule has 2 aromatic carbocycles. The molecule has 1 amide bonds. The highest BCUT2D eigenvalue weighted by atomic mass is 35.5.